The van der Waals surface area contributed by atoms with Crippen molar-refractivity contribution in [2.45, 2.75) is 19.8 Å². The number of hydrogen-bond donors (Lipinski definition) is 0. The molecule has 0 aliphatic heterocycles. The van der Waals surface area contributed by atoms with Gasteiger partial charge in [0.15, 0.2) is 0 Å². The lowest BCUT2D eigenvalue weighted by Crippen LogP contribution is -2.09. The molecule has 158 valence electrons. The molecule has 0 spiro atoms. The van der Waals surface area contributed by atoms with Gasteiger partial charge in [-0.1, -0.05) is 111 Å². The fourth-order valence-electron chi connectivity index (χ4n) is 3.66. The van der Waals surface area contributed by atoms with E-state index in [1.165, 1.54) is 16.7 Å². The minimum Gasteiger partial charge on any atom is -0.311 e. The molecule has 0 amide bonds. The highest BCUT2D eigenvalue weighted by atomic mass is 15.1. The zero-order chi connectivity index (χ0) is 22.2. The third-order valence-electron chi connectivity index (χ3n) is 5.47. The molecule has 0 saturated heterocycles. The van der Waals surface area contributed by atoms with Gasteiger partial charge in [0.05, 0.1) is 0 Å². The Bertz CT molecular complexity index is 1150. The zero-order valence-electron chi connectivity index (χ0n) is 18.7. The van der Waals surface area contributed by atoms with Gasteiger partial charge in [-0.25, -0.2) is 0 Å². The van der Waals surface area contributed by atoms with Gasteiger partial charge in [0.1, 0.15) is 0 Å². The van der Waals surface area contributed by atoms with E-state index < -0.39 is 0 Å². The van der Waals surface area contributed by atoms with Crippen LogP contribution in [0.4, 0.5) is 17.1 Å². The minimum atomic E-state index is 0.524. The summed E-state index contributed by atoms with van der Waals surface area (Å²) < 4.78 is 0. The van der Waals surface area contributed by atoms with Crippen LogP contribution in [0.3, 0.4) is 0 Å². The summed E-state index contributed by atoms with van der Waals surface area (Å²) in [6.07, 6.45) is 8.41. The van der Waals surface area contributed by atoms with Crippen molar-refractivity contribution in [1.29, 1.82) is 0 Å². The monoisotopic (exact) mass is 415 g/mol. The van der Waals surface area contributed by atoms with E-state index in [0.29, 0.717) is 5.92 Å². The van der Waals surface area contributed by atoms with Gasteiger partial charge in [0.25, 0.3) is 0 Å². The summed E-state index contributed by atoms with van der Waals surface area (Å²) in [5, 5.41) is 0. The molecule has 0 aliphatic rings. The van der Waals surface area contributed by atoms with Crippen molar-refractivity contribution in [2.75, 3.05) is 4.90 Å². The molecule has 0 fully saturated rings. The standard InChI is InChI=1S/C31H29N/c1-25(2)28-19-23-31(24-20-28)32(29-15-7-4-8-16-29)30-21-17-27(18-22-30)14-10-9-13-26-11-5-3-6-12-26/h3-25H,1-2H3/b13-9+,14-10+. The zero-order valence-corrected chi connectivity index (χ0v) is 18.7. The van der Waals surface area contributed by atoms with Crippen LogP contribution >= 0.6 is 0 Å². The average Bonchev–Trinajstić information content (AvgIpc) is 2.85. The molecule has 1 nitrogen and oxygen atoms in total. The van der Waals surface area contributed by atoms with E-state index in [1.807, 2.05) is 6.07 Å². The number of rotatable bonds is 7. The molecule has 0 N–H and O–H groups in total. The number of anilines is 3. The fraction of sp³-hybridized carbons (Fsp3) is 0.0968. The van der Waals surface area contributed by atoms with Crippen LogP contribution in [-0.2, 0) is 0 Å². The SMILES string of the molecule is CC(C)c1ccc(N(c2ccccc2)c2ccc(/C=C/C=C/c3ccccc3)cc2)cc1. The first-order valence-electron chi connectivity index (χ1n) is 11.2. The molecule has 0 bridgehead atoms. The molecule has 4 aromatic carbocycles. The van der Waals surface area contributed by atoms with Crippen molar-refractivity contribution < 1.29 is 0 Å². The minimum absolute atomic E-state index is 0.524. The number of hydrogen-bond acceptors (Lipinski definition) is 1. The lowest BCUT2D eigenvalue weighted by Gasteiger charge is -2.26. The number of para-hydroxylation sites is 1. The predicted molar refractivity (Wildman–Crippen MR) is 140 cm³/mol. The Balaban J connectivity index is 1.57. The maximum absolute atomic E-state index is 2.30. The van der Waals surface area contributed by atoms with Crippen molar-refractivity contribution in [3.05, 3.63) is 138 Å². The molecule has 0 saturated carbocycles. The van der Waals surface area contributed by atoms with Crippen molar-refractivity contribution in [2.24, 2.45) is 0 Å². The Labute approximate surface area is 192 Å². The van der Waals surface area contributed by atoms with Crippen LogP contribution in [0.5, 0.6) is 0 Å². The largest absolute Gasteiger partial charge is 0.311 e. The molecule has 0 atom stereocenters. The van der Waals surface area contributed by atoms with E-state index >= 15 is 0 Å². The summed E-state index contributed by atoms with van der Waals surface area (Å²) >= 11 is 0. The van der Waals surface area contributed by atoms with E-state index in [9.17, 15) is 0 Å². The van der Waals surface area contributed by atoms with Crippen LogP contribution < -0.4 is 4.90 Å². The van der Waals surface area contributed by atoms with Crippen LogP contribution in [0.2, 0.25) is 0 Å². The second kappa shape index (κ2) is 10.5. The van der Waals surface area contributed by atoms with Crippen molar-refractivity contribution in [1.82, 2.24) is 0 Å². The van der Waals surface area contributed by atoms with Crippen molar-refractivity contribution in [3.63, 3.8) is 0 Å². The Morgan fingerprint density at radius 2 is 0.938 bits per heavy atom. The van der Waals surface area contributed by atoms with Gasteiger partial charge in [-0.05, 0) is 59.0 Å². The number of allylic oxidation sites excluding steroid dienone is 2. The average molecular weight is 416 g/mol. The first-order valence-corrected chi connectivity index (χ1v) is 11.2. The normalized spacial score (nSPS) is 11.5. The van der Waals surface area contributed by atoms with Gasteiger partial charge in [0.2, 0.25) is 0 Å². The van der Waals surface area contributed by atoms with Crippen LogP contribution in [0.25, 0.3) is 12.2 Å². The number of nitrogens with zero attached hydrogens (tertiary/aromatic N) is 1. The van der Waals surface area contributed by atoms with Gasteiger partial charge in [-0.2, -0.15) is 0 Å². The maximum Gasteiger partial charge on any atom is 0.0462 e. The summed E-state index contributed by atoms with van der Waals surface area (Å²) in [7, 11) is 0. The fourth-order valence-corrected chi connectivity index (χ4v) is 3.66. The molecule has 0 aromatic heterocycles. The Kier molecular flexibility index (Phi) is 6.99. The third-order valence-corrected chi connectivity index (χ3v) is 5.47. The van der Waals surface area contributed by atoms with Gasteiger partial charge in [0, 0.05) is 17.1 Å². The molecule has 0 radical (unpaired) electrons. The molecule has 0 aliphatic carbocycles. The van der Waals surface area contributed by atoms with Gasteiger partial charge < -0.3 is 4.90 Å². The summed E-state index contributed by atoms with van der Waals surface area (Å²) in [6.45, 7) is 4.45. The molecule has 0 heterocycles. The Morgan fingerprint density at radius 3 is 1.47 bits per heavy atom. The summed E-state index contributed by atoms with van der Waals surface area (Å²) in [5.41, 5.74) is 7.19. The van der Waals surface area contributed by atoms with Crippen LogP contribution in [0, 0.1) is 0 Å². The van der Waals surface area contributed by atoms with Crippen LogP contribution in [-0.4, -0.2) is 0 Å². The topological polar surface area (TPSA) is 3.24 Å². The number of benzene rings is 4. The Hall–Kier alpha value is -3.84. The predicted octanol–water partition coefficient (Wildman–Crippen LogP) is 9.01. The molecule has 4 aromatic rings. The van der Waals surface area contributed by atoms with E-state index in [-0.39, 0.29) is 0 Å². The second-order valence-electron chi connectivity index (χ2n) is 8.14. The lowest BCUT2D eigenvalue weighted by atomic mass is 10.0. The molecular weight excluding hydrogens is 386 g/mol. The summed E-state index contributed by atoms with van der Waals surface area (Å²) in [4.78, 5) is 2.30. The van der Waals surface area contributed by atoms with E-state index in [1.54, 1.807) is 0 Å². The summed E-state index contributed by atoms with van der Waals surface area (Å²) in [5.74, 6) is 0.524. The van der Waals surface area contributed by atoms with Crippen molar-refractivity contribution >= 4 is 29.2 Å². The van der Waals surface area contributed by atoms with Gasteiger partial charge in [-0.3, -0.25) is 0 Å². The lowest BCUT2D eigenvalue weighted by molar-refractivity contribution is 0.866. The second-order valence-corrected chi connectivity index (χ2v) is 8.14. The van der Waals surface area contributed by atoms with E-state index in [4.69, 9.17) is 0 Å². The highest BCUT2D eigenvalue weighted by molar-refractivity contribution is 5.77. The highest BCUT2D eigenvalue weighted by Crippen LogP contribution is 2.35. The van der Waals surface area contributed by atoms with E-state index in [2.05, 4.69) is 146 Å². The van der Waals surface area contributed by atoms with Crippen molar-refractivity contribution in [3.8, 4) is 0 Å². The quantitative estimate of drug-likeness (QED) is 0.272. The first-order chi connectivity index (χ1) is 15.7. The molecule has 4 rings (SSSR count). The van der Waals surface area contributed by atoms with Gasteiger partial charge in [-0.15, -0.1) is 0 Å². The third kappa shape index (κ3) is 5.44. The molecule has 0 unspecified atom stereocenters. The van der Waals surface area contributed by atoms with Crippen LogP contribution in [0.15, 0.2) is 121 Å². The first kappa shape index (κ1) is 21.4. The smallest absolute Gasteiger partial charge is 0.0462 e. The molecule has 32 heavy (non-hydrogen) atoms. The van der Waals surface area contributed by atoms with E-state index in [0.717, 1.165) is 17.1 Å². The summed E-state index contributed by atoms with van der Waals surface area (Å²) in [6, 6.07) is 38.5. The molecular formula is C31H29N. The van der Waals surface area contributed by atoms with Crippen LogP contribution in [0.1, 0.15) is 36.5 Å². The highest BCUT2D eigenvalue weighted by Gasteiger charge is 2.12. The molecule has 1 heteroatoms. The van der Waals surface area contributed by atoms with Gasteiger partial charge >= 0.3 is 0 Å². The Morgan fingerprint density at radius 1 is 0.500 bits per heavy atom. The maximum atomic E-state index is 2.30.